The van der Waals surface area contributed by atoms with E-state index < -0.39 is 11.6 Å². The number of halogens is 3. The third kappa shape index (κ3) is 2.58. The highest BCUT2D eigenvalue weighted by atomic mass is 35.5. The Bertz CT molecular complexity index is 637. The molecular formula is C13H6ClF2NO. The molecule has 0 fully saturated rings. The Morgan fingerprint density at radius 1 is 1.06 bits per heavy atom. The fraction of sp³-hybridized carbons (Fsp3) is 0. The van der Waals surface area contributed by atoms with Crippen molar-refractivity contribution in [2.45, 2.75) is 0 Å². The van der Waals surface area contributed by atoms with Gasteiger partial charge in [-0.15, -0.1) is 0 Å². The molecule has 0 saturated heterocycles. The Hall–Kier alpha value is -2.12. The lowest BCUT2D eigenvalue weighted by molar-refractivity contribution is 0.438. The van der Waals surface area contributed by atoms with Crippen LogP contribution in [0.2, 0.25) is 5.02 Å². The first kappa shape index (κ1) is 12.3. The minimum Gasteiger partial charge on any atom is -0.453 e. The van der Waals surface area contributed by atoms with Gasteiger partial charge >= 0.3 is 0 Å². The number of rotatable bonds is 2. The molecule has 90 valence electrons. The molecule has 0 heterocycles. The molecule has 0 aliphatic heterocycles. The Balaban J connectivity index is 2.32. The van der Waals surface area contributed by atoms with E-state index in [2.05, 4.69) is 0 Å². The maximum absolute atomic E-state index is 13.4. The molecule has 2 aromatic rings. The number of benzene rings is 2. The molecule has 0 bridgehead atoms. The summed E-state index contributed by atoms with van der Waals surface area (Å²) in [4.78, 5) is 0. The third-order valence-electron chi connectivity index (χ3n) is 2.17. The number of nitrogens with zero attached hydrogens (tertiary/aromatic N) is 1. The first-order valence-electron chi connectivity index (χ1n) is 4.92. The Morgan fingerprint density at radius 3 is 2.39 bits per heavy atom. The summed E-state index contributed by atoms with van der Waals surface area (Å²) >= 11 is 5.87. The quantitative estimate of drug-likeness (QED) is 0.812. The molecule has 0 aliphatic rings. The van der Waals surface area contributed by atoms with Crippen LogP contribution in [0.3, 0.4) is 0 Å². The van der Waals surface area contributed by atoms with Gasteiger partial charge in [0.25, 0.3) is 0 Å². The summed E-state index contributed by atoms with van der Waals surface area (Å²) in [5.41, 5.74) is 0.368. The van der Waals surface area contributed by atoms with Crippen LogP contribution in [0, 0.1) is 23.0 Å². The maximum Gasteiger partial charge on any atom is 0.168 e. The average Bonchev–Trinajstić information content (AvgIpc) is 2.34. The topological polar surface area (TPSA) is 33.0 Å². The van der Waals surface area contributed by atoms with Crippen molar-refractivity contribution in [3.05, 3.63) is 58.6 Å². The largest absolute Gasteiger partial charge is 0.453 e. The molecule has 0 aromatic heterocycles. The highest BCUT2D eigenvalue weighted by molar-refractivity contribution is 6.32. The first-order valence-corrected chi connectivity index (χ1v) is 5.30. The van der Waals surface area contributed by atoms with E-state index in [-0.39, 0.29) is 16.5 Å². The van der Waals surface area contributed by atoms with Gasteiger partial charge in [-0.3, -0.25) is 0 Å². The van der Waals surface area contributed by atoms with Crippen LogP contribution in [-0.2, 0) is 0 Å². The fourth-order valence-electron chi connectivity index (χ4n) is 1.33. The minimum atomic E-state index is -0.824. The van der Waals surface area contributed by atoms with Gasteiger partial charge in [0, 0.05) is 6.07 Å². The van der Waals surface area contributed by atoms with Crippen molar-refractivity contribution in [2.24, 2.45) is 0 Å². The highest BCUT2D eigenvalue weighted by Gasteiger charge is 2.09. The van der Waals surface area contributed by atoms with Gasteiger partial charge in [-0.05, 0) is 30.3 Å². The van der Waals surface area contributed by atoms with Crippen LogP contribution < -0.4 is 4.74 Å². The molecule has 5 heteroatoms. The van der Waals surface area contributed by atoms with E-state index in [1.165, 1.54) is 24.3 Å². The Morgan fingerprint density at radius 2 is 1.78 bits per heavy atom. The average molecular weight is 266 g/mol. The maximum atomic E-state index is 13.4. The number of ether oxygens (including phenoxy) is 1. The fourth-order valence-corrected chi connectivity index (χ4v) is 1.55. The molecule has 0 N–H and O–H groups in total. The highest BCUT2D eigenvalue weighted by Crippen LogP contribution is 2.31. The summed E-state index contributed by atoms with van der Waals surface area (Å²) in [5.74, 6) is -1.45. The molecule has 2 rings (SSSR count). The van der Waals surface area contributed by atoms with Gasteiger partial charge in [0.2, 0.25) is 0 Å². The summed E-state index contributed by atoms with van der Waals surface area (Å²) < 4.78 is 31.3. The second-order valence-corrected chi connectivity index (χ2v) is 3.84. The van der Waals surface area contributed by atoms with E-state index in [0.29, 0.717) is 11.6 Å². The summed E-state index contributed by atoms with van der Waals surface area (Å²) in [6.07, 6.45) is 0. The predicted octanol–water partition coefficient (Wildman–Crippen LogP) is 4.28. The van der Waals surface area contributed by atoms with Crippen LogP contribution in [0.15, 0.2) is 36.4 Å². The Kier molecular flexibility index (Phi) is 3.45. The van der Waals surface area contributed by atoms with Gasteiger partial charge in [0.1, 0.15) is 11.6 Å². The summed E-state index contributed by atoms with van der Waals surface area (Å²) in [5, 5.41) is 8.84. The predicted molar refractivity (Wildman–Crippen MR) is 62.6 cm³/mol. The van der Waals surface area contributed by atoms with Crippen LogP contribution >= 0.6 is 11.6 Å². The molecular weight excluding hydrogens is 260 g/mol. The van der Waals surface area contributed by atoms with E-state index in [9.17, 15) is 8.78 Å². The molecule has 0 aliphatic carbocycles. The number of hydrogen-bond acceptors (Lipinski definition) is 2. The van der Waals surface area contributed by atoms with Gasteiger partial charge < -0.3 is 4.74 Å². The molecule has 18 heavy (non-hydrogen) atoms. The summed E-state index contributed by atoms with van der Waals surface area (Å²) in [6.45, 7) is 0. The van der Waals surface area contributed by atoms with E-state index in [4.69, 9.17) is 21.6 Å². The second-order valence-electron chi connectivity index (χ2n) is 3.43. The van der Waals surface area contributed by atoms with Crippen molar-refractivity contribution < 1.29 is 13.5 Å². The van der Waals surface area contributed by atoms with Crippen LogP contribution in [0.25, 0.3) is 0 Å². The van der Waals surface area contributed by atoms with Gasteiger partial charge in [-0.25, -0.2) is 8.78 Å². The van der Waals surface area contributed by atoms with E-state index in [1.54, 1.807) is 0 Å². The van der Waals surface area contributed by atoms with Crippen molar-refractivity contribution in [3.63, 3.8) is 0 Å². The smallest absolute Gasteiger partial charge is 0.168 e. The van der Waals surface area contributed by atoms with Gasteiger partial charge in [-0.1, -0.05) is 11.6 Å². The molecule has 0 atom stereocenters. The van der Waals surface area contributed by atoms with Crippen molar-refractivity contribution in [1.82, 2.24) is 0 Å². The van der Waals surface area contributed by atoms with Gasteiger partial charge in [0.05, 0.1) is 16.7 Å². The van der Waals surface area contributed by atoms with Crippen LogP contribution in [0.1, 0.15) is 5.56 Å². The molecule has 0 amide bonds. The Labute approximate surface area is 107 Å². The summed E-state index contributed by atoms with van der Waals surface area (Å²) in [7, 11) is 0. The van der Waals surface area contributed by atoms with Crippen LogP contribution in [0.4, 0.5) is 8.78 Å². The molecule has 0 unspecified atom stereocenters. The van der Waals surface area contributed by atoms with Crippen molar-refractivity contribution >= 4 is 11.6 Å². The molecule has 0 spiro atoms. The first-order chi connectivity index (χ1) is 8.60. The third-order valence-corrected chi connectivity index (χ3v) is 2.47. The molecule has 2 aromatic carbocycles. The zero-order valence-electron chi connectivity index (χ0n) is 8.95. The zero-order chi connectivity index (χ0) is 13.1. The lowest BCUT2D eigenvalue weighted by atomic mass is 10.2. The molecule has 2 nitrogen and oxygen atoms in total. The molecule has 0 radical (unpaired) electrons. The lowest BCUT2D eigenvalue weighted by Crippen LogP contribution is -1.90. The van der Waals surface area contributed by atoms with Crippen molar-refractivity contribution in [2.75, 3.05) is 0 Å². The van der Waals surface area contributed by atoms with Crippen LogP contribution in [0.5, 0.6) is 11.5 Å². The van der Waals surface area contributed by atoms with Gasteiger partial charge in [0.15, 0.2) is 11.6 Å². The lowest BCUT2D eigenvalue weighted by Gasteiger charge is -2.08. The summed E-state index contributed by atoms with van der Waals surface area (Å²) in [6, 6.07) is 9.21. The number of nitriles is 1. The van der Waals surface area contributed by atoms with Crippen LogP contribution in [-0.4, -0.2) is 0 Å². The minimum absolute atomic E-state index is 0.136. The van der Waals surface area contributed by atoms with E-state index in [0.717, 1.165) is 6.07 Å². The van der Waals surface area contributed by atoms with Gasteiger partial charge in [-0.2, -0.15) is 5.26 Å². The van der Waals surface area contributed by atoms with Crippen molar-refractivity contribution in [1.29, 1.82) is 5.26 Å². The SMILES string of the molecule is N#Cc1ccc(Oc2ccc(F)cc2F)c(Cl)c1. The molecule has 0 saturated carbocycles. The normalized spacial score (nSPS) is 9.89. The monoisotopic (exact) mass is 265 g/mol. The van der Waals surface area contributed by atoms with E-state index >= 15 is 0 Å². The second kappa shape index (κ2) is 5.03. The van der Waals surface area contributed by atoms with E-state index in [1.807, 2.05) is 6.07 Å². The van der Waals surface area contributed by atoms with Crippen molar-refractivity contribution in [3.8, 4) is 17.6 Å². The number of hydrogen-bond donors (Lipinski definition) is 0. The standard InChI is InChI=1S/C13H6ClF2NO/c14-10-5-8(7-17)1-3-12(10)18-13-4-2-9(15)6-11(13)16/h1-6H. The zero-order valence-corrected chi connectivity index (χ0v) is 9.71.